The van der Waals surface area contributed by atoms with Crippen molar-refractivity contribution in [1.29, 1.82) is 0 Å². The SMILES string of the molecule is Cc1cccc(NC(=O)C(F)F)c1. The van der Waals surface area contributed by atoms with E-state index in [0.29, 0.717) is 5.69 Å². The highest BCUT2D eigenvalue weighted by molar-refractivity contribution is 5.93. The van der Waals surface area contributed by atoms with Crippen molar-refractivity contribution in [2.45, 2.75) is 13.3 Å². The van der Waals surface area contributed by atoms with Crippen LogP contribution in [0.15, 0.2) is 24.3 Å². The van der Waals surface area contributed by atoms with Crippen molar-refractivity contribution in [2.24, 2.45) is 0 Å². The van der Waals surface area contributed by atoms with Gasteiger partial charge < -0.3 is 5.32 Å². The second-order valence-electron chi connectivity index (χ2n) is 2.66. The van der Waals surface area contributed by atoms with Gasteiger partial charge in [0.05, 0.1) is 0 Å². The van der Waals surface area contributed by atoms with Gasteiger partial charge in [-0.1, -0.05) is 12.1 Å². The zero-order chi connectivity index (χ0) is 9.84. The van der Waals surface area contributed by atoms with Crippen LogP contribution in [0.1, 0.15) is 5.56 Å². The molecule has 0 radical (unpaired) electrons. The predicted molar refractivity (Wildman–Crippen MR) is 45.8 cm³/mol. The molecule has 0 unspecified atom stereocenters. The lowest BCUT2D eigenvalue weighted by atomic mass is 10.2. The highest BCUT2D eigenvalue weighted by atomic mass is 19.3. The van der Waals surface area contributed by atoms with Gasteiger partial charge in [-0.15, -0.1) is 0 Å². The molecule has 1 rings (SSSR count). The molecule has 1 aromatic carbocycles. The van der Waals surface area contributed by atoms with Crippen molar-refractivity contribution in [2.75, 3.05) is 5.32 Å². The molecule has 0 aliphatic rings. The van der Waals surface area contributed by atoms with Crippen LogP contribution < -0.4 is 5.32 Å². The number of carbonyl (C=O) groups is 1. The topological polar surface area (TPSA) is 29.1 Å². The zero-order valence-electron chi connectivity index (χ0n) is 7.05. The van der Waals surface area contributed by atoms with E-state index in [1.54, 1.807) is 18.2 Å². The first-order chi connectivity index (χ1) is 6.09. The summed E-state index contributed by atoms with van der Waals surface area (Å²) in [5.41, 5.74) is 1.30. The van der Waals surface area contributed by atoms with Crippen LogP contribution in [-0.2, 0) is 4.79 Å². The molecule has 70 valence electrons. The van der Waals surface area contributed by atoms with Gasteiger partial charge in [0.15, 0.2) is 0 Å². The van der Waals surface area contributed by atoms with Gasteiger partial charge in [-0.05, 0) is 24.6 Å². The van der Waals surface area contributed by atoms with Crippen LogP contribution >= 0.6 is 0 Å². The Bertz CT molecular complexity index is 312. The van der Waals surface area contributed by atoms with Gasteiger partial charge in [0.2, 0.25) is 0 Å². The maximum Gasteiger partial charge on any atom is 0.315 e. The largest absolute Gasteiger partial charge is 0.321 e. The first kappa shape index (κ1) is 9.64. The van der Waals surface area contributed by atoms with E-state index < -0.39 is 12.3 Å². The molecule has 0 aliphatic heterocycles. The fraction of sp³-hybridized carbons (Fsp3) is 0.222. The van der Waals surface area contributed by atoms with Crippen LogP contribution in [0.25, 0.3) is 0 Å². The Kier molecular flexibility index (Phi) is 2.95. The second kappa shape index (κ2) is 3.98. The van der Waals surface area contributed by atoms with Crippen molar-refractivity contribution < 1.29 is 13.6 Å². The smallest absolute Gasteiger partial charge is 0.315 e. The summed E-state index contributed by atoms with van der Waals surface area (Å²) in [5, 5.41) is 2.09. The molecule has 0 heterocycles. The van der Waals surface area contributed by atoms with Crippen molar-refractivity contribution in [3.8, 4) is 0 Å². The Morgan fingerprint density at radius 2 is 2.15 bits per heavy atom. The number of benzene rings is 1. The van der Waals surface area contributed by atoms with Gasteiger partial charge in [0.25, 0.3) is 5.91 Å². The van der Waals surface area contributed by atoms with E-state index in [9.17, 15) is 13.6 Å². The molecular formula is C9H9F2NO. The van der Waals surface area contributed by atoms with Crippen molar-refractivity contribution in [3.63, 3.8) is 0 Å². The number of amides is 1. The molecule has 4 heteroatoms. The van der Waals surface area contributed by atoms with Crippen LogP contribution in [0.5, 0.6) is 0 Å². The number of halogens is 2. The minimum absolute atomic E-state index is 0.394. The van der Waals surface area contributed by atoms with E-state index >= 15 is 0 Å². The molecule has 1 N–H and O–H groups in total. The molecule has 0 fully saturated rings. The van der Waals surface area contributed by atoms with Crippen LogP contribution in [0, 0.1) is 6.92 Å². The first-order valence-corrected chi connectivity index (χ1v) is 3.75. The number of hydrogen-bond acceptors (Lipinski definition) is 1. The summed E-state index contributed by atoms with van der Waals surface area (Å²) in [5.74, 6) is -1.27. The van der Waals surface area contributed by atoms with E-state index in [1.807, 2.05) is 13.0 Å². The predicted octanol–water partition coefficient (Wildman–Crippen LogP) is 2.20. The average molecular weight is 185 g/mol. The van der Waals surface area contributed by atoms with E-state index in [2.05, 4.69) is 5.32 Å². The lowest BCUT2D eigenvalue weighted by molar-refractivity contribution is -0.126. The summed E-state index contributed by atoms with van der Waals surface area (Å²) >= 11 is 0. The van der Waals surface area contributed by atoms with Crippen LogP contribution in [0.3, 0.4) is 0 Å². The number of alkyl halides is 2. The molecule has 0 saturated carbocycles. The molecule has 2 nitrogen and oxygen atoms in total. The van der Waals surface area contributed by atoms with Crippen LogP contribution in [0.2, 0.25) is 0 Å². The Labute approximate surface area is 74.6 Å². The van der Waals surface area contributed by atoms with E-state index in [1.165, 1.54) is 0 Å². The summed E-state index contributed by atoms with van der Waals surface area (Å²) in [7, 11) is 0. The lowest BCUT2D eigenvalue weighted by Gasteiger charge is -2.04. The Morgan fingerprint density at radius 3 is 2.69 bits per heavy atom. The lowest BCUT2D eigenvalue weighted by Crippen LogP contribution is -2.19. The summed E-state index contributed by atoms with van der Waals surface area (Å²) in [4.78, 5) is 10.6. The van der Waals surface area contributed by atoms with Gasteiger partial charge in [-0.3, -0.25) is 4.79 Å². The molecule has 1 aromatic rings. The first-order valence-electron chi connectivity index (χ1n) is 3.75. The molecule has 1 amide bonds. The van der Waals surface area contributed by atoms with Gasteiger partial charge in [-0.25, -0.2) is 0 Å². The Balaban J connectivity index is 2.69. The highest BCUT2D eigenvalue weighted by Crippen LogP contribution is 2.10. The maximum atomic E-state index is 11.8. The number of aryl methyl sites for hydroxylation is 1. The number of carbonyl (C=O) groups excluding carboxylic acids is 1. The fourth-order valence-electron chi connectivity index (χ4n) is 0.920. The highest BCUT2D eigenvalue weighted by Gasteiger charge is 2.14. The van der Waals surface area contributed by atoms with Crippen molar-refractivity contribution in [3.05, 3.63) is 29.8 Å². The van der Waals surface area contributed by atoms with Crippen LogP contribution in [0.4, 0.5) is 14.5 Å². The molecule has 13 heavy (non-hydrogen) atoms. The minimum Gasteiger partial charge on any atom is -0.321 e. The fourth-order valence-corrected chi connectivity index (χ4v) is 0.920. The zero-order valence-corrected chi connectivity index (χ0v) is 7.05. The van der Waals surface area contributed by atoms with Crippen LogP contribution in [-0.4, -0.2) is 12.3 Å². The third kappa shape index (κ3) is 2.82. The van der Waals surface area contributed by atoms with E-state index in [0.717, 1.165) is 5.56 Å². The normalized spacial score (nSPS) is 10.2. The quantitative estimate of drug-likeness (QED) is 0.751. The summed E-state index contributed by atoms with van der Waals surface area (Å²) in [6.07, 6.45) is -2.97. The van der Waals surface area contributed by atoms with Gasteiger partial charge in [0.1, 0.15) is 0 Å². The third-order valence-electron chi connectivity index (χ3n) is 1.48. The Hall–Kier alpha value is -1.45. The number of hydrogen-bond donors (Lipinski definition) is 1. The molecule has 0 aromatic heterocycles. The second-order valence-corrected chi connectivity index (χ2v) is 2.66. The molecule has 0 atom stereocenters. The monoisotopic (exact) mass is 185 g/mol. The molecule has 0 saturated heterocycles. The molecule has 0 bridgehead atoms. The summed E-state index contributed by atoms with van der Waals surface area (Å²) in [6.45, 7) is 1.82. The Morgan fingerprint density at radius 1 is 1.46 bits per heavy atom. The van der Waals surface area contributed by atoms with Gasteiger partial charge >= 0.3 is 6.43 Å². The standard InChI is InChI=1S/C9H9F2NO/c1-6-3-2-4-7(5-6)12-9(13)8(10)11/h2-5,8H,1H3,(H,12,13). The average Bonchev–Trinajstić information content (AvgIpc) is 2.04. The van der Waals surface area contributed by atoms with E-state index in [-0.39, 0.29) is 0 Å². The number of nitrogens with one attached hydrogen (secondary N) is 1. The van der Waals surface area contributed by atoms with E-state index in [4.69, 9.17) is 0 Å². The third-order valence-corrected chi connectivity index (χ3v) is 1.48. The van der Waals surface area contributed by atoms with Crippen molar-refractivity contribution in [1.82, 2.24) is 0 Å². The molecule has 0 spiro atoms. The maximum absolute atomic E-state index is 11.8. The number of rotatable bonds is 2. The molecule has 0 aliphatic carbocycles. The summed E-state index contributed by atoms with van der Waals surface area (Å²) < 4.78 is 23.6. The van der Waals surface area contributed by atoms with Crippen molar-refractivity contribution >= 4 is 11.6 Å². The summed E-state index contributed by atoms with van der Waals surface area (Å²) in [6, 6.07) is 6.70. The number of anilines is 1. The van der Waals surface area contributed by atoms with Gasteiger partial charge in [0, 0.05) is 5.69 Å². The van der Waals surface area contributed by atoms with Gasteiger partial charge in [-0.2, -0.15) is 8.78 Å². The molecular weight excluding hydrogens is 176 g/mol. The minimum atomic E-state index is -2.97.